The van der Waals surface area contributed by atoms with Gasteiger partial charge in [0.15, 0.2) is 0 Å². The quantitative estimate of drug-likeness (QED) is 0.457. The second-order valence-corrected chi connectivity index (χ2v) is 0. The molecule has 0 aromatic carbocycles. The predicted octanol–water partition coefficient (Wildman–Crippen LogP) is -2.20. The Kier molecular flexibility index (Phi) is 1700. The molecule has 9 heteroatoms. The van der Waals surface area contributed by atoms with Crippen LogP contribution in [0.15, 0.2) is 0 Å². The van der Waals surface area contributed by atoms with E-state index in [2.05, 4.69) is 0 Å². The van der Waals surface area contributed by atoms with Crippen LogP contribution in [-0.4, -0.2) is 143 Å². The van der Waals surface area contributed by atoms with Crippen LogP contribution in [0, 0.1) is 0 Å². The first-order chi connectivity index (χ1) is 0. The maximum atomic E-state index is 0. The fourth-order valence-corrected chi connectivity index (χ4v) is 0. The molecule has 0 aliphatic heterocycles. The molecule has 0 unspecified atom stereocenters. The van der Waals surface area contributed by atoms with Crippen molar-refractivity contribution in [3.8, 4) is 0 Å². The summed E-state index contributed by atoms with van der Waals surface area (Å²) in [4.78, 5) is 0. The van der Waals surface area contributed by atoms with Gasteiger partial charge >= 0.3 is 110 Å². The van der Waals surface area contributed by atoms with E-state index in [1.165, 1.54) is 0 Å². The smallest absolute Gasteiger partial charge is 0.870 e. The molecule has 0 bridgehead atoms. The Morgan fingerprint density at radius 2 is 0.444 bits per heavy atom. The van der Waals surface area contributed by atoms with E-state index in [9.17, 15) is 0 Å². The molecular weight excluding hydrogens is 298 g/mol. The second kappa shape index (κ2) is 108. The molecule has 0 aromatic heterocycles. The minimum atomic E-state index is 0. The zero-order valence-electron chi connectivity index (χ0n) is 4.80. The van der Waals surface area contributed by atoms with Gasteiger partial charge in [0.1, 0.15) is 0 Å². The van der Waals surface area contributed by atoms with Gasteiger partial charge in [-0.05, 0) is 0 Å². The van der Waals surface area contributed by atoms with Crippen molar-refractivity contribution in [3.63, 3.8) is 0 Å². The molecule has 0 aliphatic carbocycles. The summed E-state index contributed by atoms with van der Waals surface area (Å²) in [5.41, 5.74) is 0. The Labute approximate surface area is 139 Å². The van der Waals surface area contributed by atoms with Gasteiger partial charge in [0.05, 0.1) is 0 Å². The average Bonchev–Trinajstić information content (AvgIpc) is 0. The molecule has 0 saturated heterocycles. The van der Waals surface area contributed by atoms with E-state index in [0.29, 0.717) is 0 Å². The van der Waals surface area contributed by atoms with Gasteiger partial charge < -0.3 is 32.9 Å². The molecule has 0 fully saturated rings. The molecule has 6 nitrogen and oxygen atoms in total. The van der Waals surface area contributed by atoms with Gasteiger partial charge in [0, 0.05) is 0 Å². The molecule has 0 aromatic rings. The summed E-state index contributed by atoms with van der Waals surface area (Å²) >= 11 is 0. The first kappa shape index (κ1) is 141. The molecule has 0 atom stereocenters. The molecule has 48 valence electrons. The van der Waals surface area contributed by atoms with Crippen LogP contribution >= 0.6 is 0 Å². The molecule has 9 heavy (non-hydrogen) atoms. The van der Waals surface area contributed by atoms with E-state index in [-0.39, 0.29) is 143 Å². The molecule has 6 N–H and O–H groups in total. The van der Waals surface area contributed by atoms with Crippen molar-refractivity contribution in [2.45, 2.75) is 0 Å². The summed E-state index contributed by atoms with van der Waals surface area (Å²) in [5, 5.41) is 0. The van der Waals surface area contributed by atoms with Crippen LogP contribution < -0.4 is 0 Å². The molecule has 0 heterocycles. The molecule has 0 amide bonds. The van der Waals surface area contributed by atoms with Crippen LogP contribution in [0.4, 0.5) is 0 Å². The average molecular weight is 304 g/mol. The van der Waals surface area contributed by atoms with E-state index < -0.39 is 0 Å². The molecular formula is H6BaCaMgO6. The first-order valence-electron chi connectivity index (χ1n) is 0. The molecule has 0 spiro atoms. The van der Waals surface area contributed by atoms with E-state index in [1.54, 1.807) is 0 Å². The van der Waals surface area contributed by atoms with E-state index in [4.69, 9.17) is 0 Å². The summed E-state index contributed by atoms with van der Waals surface area (Å²) < 4.78 is 0. The number of rotatable bonds is 0. The van der Waals surface area contributed by atoms with Gasteiger partial charge in [-0.3, -0.25) is 0 Å². The minimum absolute atomic E-state index is 0. The fourth-order valence-electron chi connectivity index (χ4n) is 0. The van der Waals surface area contributed by atoms with Gasteiger partial charge in [-0.25, -0.2) is 0 Å². The van der Waals surface area contributed by atoms with Crippen LogP contribution in [0.25, 0.3) is 0 Å². The van der Waals surface area contributed by atoms with Crippen LogP contribution in [0.5, 0.6) is 0 Å². The van der Waals surface area contributed by atoms with Crippen LogP contribution in [0.2, 0.25) is 0 Å². The summed E-state index contributed by atoms with van der Waals surface area (Å²) in [6, 6.07) is 0. The van der Waals surface area contributed by atoms with Crippen LogP contribution in [0.3, 0.4) is 0 Å². The predicted molar refractivity (Wildman–Crippen MR) is 28.9 cm³/mol. The van der Waals surface area contributed by atoms with Crippen molar-refractivity contribution < 1.29 is 32.9 Å². The van der Waals surface area contributed by atoms with Crippen molar-refractivity contribution in [1.82, 2.24) is 0 Å². The van der Waals surface area contributed by atoms with E-state index >= 15 is 0 Å². The van der Waals surface area contributed by atoms with Crippen LogP contribution in [0.1, 0.15) is 0 Å². The van der Waals surface area contributed by atoms with E-state index in [1.807, 2.05) is 0 Å². The van der Waals surface area contributed by atoms with Crippen molar-refractivity contribution >= 4 is 110 Å². The topological polar surface area (TPSA) is 180 Å². The molecule has 0 aliphatic rings. The van der Waals surface area contributed by atoms with Gasteiger partial charge in [0.25, 0.3) is 0 Å². The summed E-state index contributed by atoms with van der Waals surface area (Å²) in [6.45, 7) is 0. The largest absolute Gasteiger partial charge is 2.00 e. The summed E-state index contributed by atoms with van der Waals surface area (Å²) in [7, 11) is 0. The van der Waals surface area contributed by atoms with Crippen molar-refractivity contribution in [1.29, 1.82) is 0 Å². The maximum absolute atomic E-state index is 0. The van der Waals surface area contributed by atoms with Crippen molar-refractivity contribution in [2.75, 3.05) is 0 Å². The fraction of sp³-hybridized carbons (Fsp3) is 0. The third kappa shape index (κ3) is 88.2. The van der Waals surface area contributed by atoms with Gasteiger partial charge in [-0.1, -0.05) is 0 Å². The Morgan fingerprint density at radius 3 is 0.444 bits per heavy atom. The molecule has 0 saturated carbocycles. The Bertz CT molecular complexity index is 13.0. The molecule has 0 radical (unpaired) electrons. The standard InChI is InChI=1S/Ba.Ca.Mg.6H2O/h;;;6*1H2/q3*+2;;;;;;/p-6. The Balaban J connectivity index is 0. The third-order valence-electron chi connectivity index (χ3n) is 0. The summed E-state index contributed by atoms with van der Waals surface area (Å²) in [5.74, 6) is 0. The maximum Gasteiger partial charge on any atom is 2.00 e. The summed E-state index contributed by atoms with van der Waals surface area (Å²) in [6.07, 6.45) is 0. The monoisotopic (exact) mass is 304 g/mol. The van der Waals surface area contributed by atoms with Gasteiger partial charge in [-0.15, -0.1) is 0 Å². The SMILES string of the molecule is [Ba+2].[Ca+2].[Mg+2].[OH-].[OH-].[OH-].[OH-].[OH-].[OH-]. The number of hydrogen-bond acceptors (Lipinski definition) is 6. The second-order valence-electron chi connectivity index (χ2n) is 0. The van der Waals surface area contributed by atoms with Gasteiger partial charge in [-0.2, -0.15) is 0 Å². The van der Waals surface area contributed by atoms with Crippen molar-refractivity contribution in [2.24, 2.45) is 0 Å². The Hall–Kier alpha value is 3.36. The Morgan fingerprint density at radius 1 is 0.444 bits per heavy atom. The van der Waals surface area contributed by atoms with Crippen molar-refractivity contribution in [3.05, 3.63) is 0 Å². The zero-order valence-corrected chi connectivity index (χ0v) is 12.9. The zero-order chi connectivity index (χ0) is 0. The van der Waals surface area contributed by atoms with Gasteiger partial charge in [0.2, 0.25) is 0 Å². The van der Waals surface area contributed by atoms with E-state index in [0.717, 1.165) is 0 Å². The third-order valence-corrected chi connectivity index (χ3v) is 0. The first-order valence-corrected chi connectivity index (χ1v) is 0. The normalized spacial score (nSPS) is 0. The molecule has 0 rings (SSSR count). The minimum Gasteiger partial charge on any atom is -0.870 e. The number of hydrogen-bond donors (Lipinski definition) is 0. The van der Waals surface area contributed by atoms with Crippen LogP contribution in [-0.2, 0) is 0 Å².